The number of nitrogens with one attached hydrogen (secondary N) is 1. The lowest BCUT2D eigenvalue weighted by molar-refractivity contribution is 0.540. The largest absolute Gasteiger partial charge is 0.313 e. The molecule has 0 amide bonds. The van der Waals surface area contributed by atoms with Gasteiger partial charge in [0.2, 0.25) is 0 Å². The average molecular weight is 436 g/mol. The molecule has 1 atom stereocenters. The zero-order valence-electron chi connectivity index (χ0n) is 12.3. The van der Waals surface area contributed by atoms with Crippen LogP contribution in [-0.4, -0.2) is 16.8 Å². The Bertz CT molecular complexity index is 640. The highest BCUT2D eigenvalue weighted by molar-refractivity contribution is 9.10. The fourth-order valence-electron chi connectivity index (χ4n) is 2.41. The fourth-order valence-corrected chi connectivity index (χ4v) is 3.48. The lowest BCUT2D eigenvalue weighted by Gasteiger charge is -2.19. The molecule has 0 bridgehead atoms. The van der Waals surface area contributed by atoms with E-state index in [-0.39, 0.29) is 6.04 Å². The minimum atomic E-state index is 0.132. The molecule has 1 aromatic carbocycles. The van der Waals surface area contributed by atoms with Crippen molar-refractivity contribution in [3.63, 3.8) is 0 Å². The molecule has 2 rings (SSSR count). The van der Waals surface area contributed by atoms with Crippen LogP contribution in [-0.2, 0) is 13.0 Å². The number of hydrogen-bond acceptors (Lipinski definition) is 2. The number of hydrogen-bond donors (Lipinski definition) is 1. The highest BCUT2D eigenvalue weighted by Crippen LogP contribution is 2.31. The maximum atomic E-state index is 6.36. The zero-order chi connectivity index (χ0) is 15.6. The molecule has 114 valence electrons. The first-order chi connectivity index (χ1) is 9.97. The van der Waals surface area contributed by atoms with Gasteiger partial charge in [-0.1, -0.05) is 27.5 Å². The smallest absolute Gasteiger partial charge is 0.0738 e. The van der Waals surface area contributed by atoms with E-state index in [1.165, 1.54) is 5.69 Å². The normalized spacial score (nSPS) is 12.7. The van der Waals surface area contributed by atoms with Crippen molar-refractivity contribution in [2.45, 2.75) is 32.9 Å². The van der Waals surface area contributed by atoms with E-state index in [4.69, 9.17) is 11.6 Å². The maximum absolute atomic E-state index is 6.36. The van der Waals surface area contributed by atoms with E-state index < -0.39 is 0 Å². The van der Waals surface area contributed by atoms with Crippen LogP contribution in [0.4, 0.5) is 0 Å². The molecule has 2 aromatic rings. The summed E-state index contributed by atoms with van der Waals surface area (Å²) in [6.07, 6.45) is 0.821. The molecule has 0 aliphatic heterocycles. The molecule has 21 heavy (non-hydrogen) atoms. The van der Waals surface area contributed by atoms with Gasteiger partial charge in [0.05, 0.1) is 15.9 Å². The van der Waals surface area contributed by atoms with E-state index in [2.05, 4.69) is 55.3 Å². The number of aryl methyl sites for hydroxylation is 2. The maximum Gasteiger partial charge on any atom is 0.0738 e. The molecule has 0 saturated carbocycles. The third-order valence-corrected chi connectivity index (χ3v) is 5.40. The molecule has 6 heteroatoms. The van der Waals surface area contributed by atoms with Crippen molar-refractivity contribution in [1.29, 1.82) is 0 Å². The van der Waals surface area contributed by atoms with Crippen LogP contribution in [0.15, 0.2) is 27.1 Å². The van der Waals surface area contributed by atoms with Crippen LogP contribution >= 0.6 is 43.5 Å². The number of rotatable bonds is 5. The first-order valence-corrected chi connectivity index (χ1v) is 8.78. The first kappa shape index (κ1) is 17.0. The molecular weight excluding hydrogens is 417 g/mol. The number of benzene rings is 1. The zero-order valence-corrected chi connectivity index (χ0v) is 16.2. The van der Waals surface area contributed by atoms with Crippen molar-refractivity contribution < 1.29 is 0 Å². The Kier molecular flexibility index (Phi) is 5.88. The van der Waals surface area contributed by atoms with Gasteiger partial charge in [-0.15, -0.1) is 0 Å². The summed E-state index contributed by atoms with van der Waals surface area (Å²) in [6.45, 7) is 4.97. The summed E-state index contributed by atoms with van der Waals surface area (Å²) in [6, 6.07) is 6.07. The van der Waals surface area contributed by atoms with Crippen LogP contribution in [0.5, 0.6) is 0 Å². The second kappa shape index (κ2) is 7.27. The van der Waals surface area contributed by atoms with Crippen LogP contribution in [0.2, 0.25) is 5.02 Å². The summed E-state index contributed by atoms with van der Waals surface area (Å²) < 4.78 is 4.15. The summed E-state index contributed by atoms with van der Waals surface area (Å²) >= 11 is 13.5. The molecule has 1 aromatic heterocycles. The number of halogens is 3. The summed E-state index contributed by atoms with van der Waals surface area (Å²) in [5.41, 5.74) is 3.29. The van der Waals surface area contributed by atoms with Crippen molar-refractivity contribution >= 4 is 43.5 Å². The quantitative estimate of drug-likeness (QED) is 0.725. The van der Waals surface area contributed by atoms with Crippen LogP contribution in [0.1, 0.15) is 29.9 Å². The van der Waals surface area contributed by atoms with Gasteiger partial charge in [0.1, 0.15) is 0 Å². The monoisotopic (exact) mass is 433 g/mol. The molecule has 3 nitrogen and oxygen atoms in total. The van der Waals surface area contributed by atoms with Gasteiger partial charge in [-0.05, 0) is 60.6 Å². The van der Waals surface area contributed by atoms with E-state index in [1.54, 1.807) is 0 Å². The molecule has 0 spiro atoms. The molecule has 0 fully saturated rings. The number of likely N-dealkylation sites (N-methyl/N-ethyl adjacent to an activating group) is 1. The lowest BCUT2D eigenvalue weighted by Crippen LogP contribution is -2.21. The molecule has 0 aliphatic rings. The van der Waals surface area contributed by atoms with Gasteiger partial charge in [0.15, 0.2) is 0 Å². The topological polar surface area (TPSA) is 29.9 Å². The van der Waals surface area contributed by atoms with Crippen LogP contribution in [0, 0.1) is 6.92 Å². The Morgan fingerprint density at radius 1 is 1.38 bits per heavy atom. The van der Waals surface area contributed by atoms with Gasteiger partial charge in [-0.3, -0.25) is 4.68 Å². The third-order valence-electron chi connectivity index (χ3n) is 3.53. The summed E-state index contributed by atoms with van der Waals surface area (Å²) in [4.78, 5) is 0. The second-order valence-corrected chi connectivity index (χ2v) is 6.99. The Hall–Kier alpha value is -0.360. The molecule has 1 heterocycles. The summed E-state index contributed by atoms with van der Waals surface area (Å²) in [5, 5.41) is 8.68. The van der Waals surface area contributed by atoms with Crippen LogP contribution < -0.4 is 5.32 Å². The number of nitrogens with zero attached hydrogens (tertiary/aromatic N) is 2. The van der Waals surface area contributed by atoms with Crippen molar-refractivity contribution in [2.24, 2.45) is 0 Å². The van der Waals surface area contributed by atoms with E-state index in [0.29, 0.717) is 0 Å². The van der Waals surface area contributed by atoms with Crippen molar-refractivity contribution in [1.82, 2.24) is 15.1 Å². The van der Waals surface area contributed by atoms with Gasteiger partial charge in [-0.2, -0.15) is 5.10 Å². The molecule has 0 radical (unpaired) electrons. The van der Waals surface area contributed by atoms with Crippen molar-refractivity contribution in [3.8, 4) is 0 Å². The predicted octanol–water partition coefficient (Wildman–Crippen LogP) is 4.89. The molecular formula is C15H18Br2ClN3. The Morgan fingerprint density at radius 2 is 2.10 bits per heavy atom. The highest BCUT2D eigenvalue weighted by Gasteiger charge is 2.20. The van der Waals surface area contributed by atoms with E-state index in [1.807, 2.05) is 30.8 Å². The van der Waals surface area contributed by atoms with Crippen LogP contribution in [0.25, 0.3) is 0 Å². The molecule has 0 saturated heterocycles. The summed E-state index contributed by atoms with van der Waals surface area (Å²) in [7, 11) is 1.95. The van der Waals surface area contributed by atoms with Crippen molar-refractivity contribution in [3.05, 3.63) is 49.1 Å². The van der Waals surface area contributed by atoms with E-state index in [0.717, 1.165) is 38.2 Å². The minimum absolute atomic E-state index is 0.132. The SMILES string of the molecule is CCn1nc(C)c(Br)c1CC(NC)c1cc(Br)ccc1Cl. The van der Waals surface area contributed by atoms with Gasteiger partial charge in [0.25, 0.3) is 0 Å². The fraction of sp³-hybridized carbons (Fsp3) is 0.400. The lowest BCUT2D eigenvalue weighted by atomic mass is 10.0. The highest BCUT2D eigenvalue weighted by atomic mass is 79.9. The van der Waals surface area contributed by atoms with Gasteiger partial charge < -0.3 is 5.32 Å². The Labute approximate surface area is 147 Å². The van der Waals surface area contributed by atoms with Crippen molar-refractivity contribution in [2.75, 3.05) is 7.05 Å². The van der Waals surface area contributed by atoms with Crippen LogP contribution in [0.3, 0.4) is 0 Å². The Balaban J connectivity index is 2.38. The van der Waals surface area contributed by atoms with E-state index in [9.17, 15) is 0 Å². The molecule has 0 aliphatic carbocycles. The second-order valence-electron chi connectivity index (χ2n) is 4.87. The van der Waals surface area contributed by atoms with Gasteiger partial charge in [0, 0.05) is 28.5 Å². The van der Waals surface area contributed by atoms with Gasteiger partial charge in [-0.25, -0.2) is 0 Å². The van der Waals surface area contributed by atoms with Gasteiger partial charge >= 0.3 is 0 Å². The Morgan fingerprint density at radius 3 is 2.71 bits per heavy atom. The predicted molar refractivity (Wildman–Crippen MR) is 95.0 cm³/mol. The minimum Gasteiger partial charge on any atom is -0.313 e. The van der Waals surface area contributed by atoms with E-state index >= 15 is 0 Å². The first-order valence-electron chi connectivity index (χ1n) is 6.81. The average Bonchev–Trinajstić information content (AvgIpc) is 2.74. The third kappa shape index (κ3) is 3.70. The molecule has 1 unspecified atom stereocenters. The summed E-state index contributed by atoms with van der Waals surface area (Å²) in [5.74, 6) is 0. The molecule has 1 N–H and O–H groups in total. The number of aromatic nitrogens is 2. The standard InChI is InChI=1S/C15H18Br2ClN3/c1-4-21-14(15(17)9(2)20-21)8-13(19-3)11-7-10(16)5-6-12(11)18/h5-7,13,19H,4,8H2,1-3H3.